The van der Waals surface area contributed by atoms with Crippen molar-refractivity contribution in [2.45, 2.75) is 26.3 Å². The smallest absolute Gasteiger partial charge is 0.262 e. The average Bonchev–Trinajstić information content (AvgIpc) is 2.47. The normalized spacial score (nSPS) is 11.0. The van der Waals surface area contributed by atoms with Gasteiger partial charge in [-0.2, -0.15) is 0 Å². The summed E-state index contributed by atoms with van der Waals surface area (Å²) < 4.78 is 5.38. The Kier molecular flexibility index (Phi) is 5.91. The van der Waals surface area contributed by atoms with Crippen molar-refractivity contribution in [1.82, 2.24) is 4.98 Å². The predicted molar refractivity (Wildman–Crippen MR) is 98.2 cm³/mol. The van der Waals surface area contributed by atoms with Crippen LogP contribution in [-0.2, 0) is 4.79 Å². The van der Waals surface area contributed by atoms with Crippen LogP contribution in [0.1, 0.15) is 20.8 Å². The van der Waals surface area contributed by atoms with Gasteiger partial charge in [-0.3, -0.25) is 4.79 Å². The van der Waals surface area contributed by atoms with E-state index in [-0.39, 0.29) is 18.1 Å². The fourth-order valence-corrected chi connectivity index (χ4v) is 2.32. The number of hydrogen-bond acceptors (Lipinski definition) is 4. The molecule has 1 heterocycles. The van der Waals surface area contributed by atoms with Crippen LogP contribution in [0.3, 0.4) is 0 Å². The summed E-state index contributed by atoms with van der Waals surface area (Å²) in [4.78, 5) is 16.2. The van der Waals surface area contributed by atoms with E-state index in [1.54, 1.807) is 36.5 Å². The summed E-state index contributed by atoms with van der Waals surface area (Å²) in [7, 11) is 0. The Morgan fingerprint density at radius 2 is 1.96 bits per heavy atom. The van der Waals surface area contributed by atoms with Gasteiger partial charge in [-0.15, -0.1) is 0 Å². The first-order valence-corrected chi connectivity index (χ1v) is 8.10. The van der Waals surface area contributed by atoms with E-state index in [0.29, 0.717) is 21.5 Å². The fraction of sp³-hybridized carbons (Fsp3) is 0.294. The highest BCUT2D eigenvalue weighted by Crippen LogP contribution is 2.27. The van der Waals surface area contributed by atoms with E-state index < -0.39 is 0 Å². The van der Waals surface area contributed by atoms with E-state index in [1.807, 2.05) is 20.8 Å². The zero-order valence-electron chi connectivity index (χ0n) is 13.7. The second kappa shape index (κ2) is 7.73. The molecule has 2 N–H and O–H groups in total. The number of amides is 1. The number of pyridine rings is 1. The molecule has 128 valence electrons. The van der Waals surface area contributed by atoms with E-state index in [1.165, 1.54) is 0 Å². The van der Waals surface area contributed by atoms with E-state index in [2.05, 4.69) is 15.6 Å². The highest BCUT2D eigenvalue weighted by atomic mass is 35.5. The molecule has 2 rings (SSSR count). The minimum Gasteiger partial charge on any atom is -0.482 e. The number of carbonyl (C=O) groups excluding carboxylic acids is 1. The number of benzene rings is 1. The Balaban J connectivity index is 1.88. The Labute approximate surface area is 151 Å². The van der Waals surface area contributed by atoms with Crippen molar-refractivity contribution in [3.63, 3.8) is 0 Å². The zero-order valence-corrected chi connectivity index (χ0v) is 15.2. The standard InChI is InChI=1S/C17H19Cl2N3O2/c1-17(2,3)22-15-7-5-12(9-20-15)21-16(23)10-24-14-6-4-11(18)8-13(14)19/h4-9H,10H2,1-3H3,(H,20,22)(H,21,23). The largest absolute Gasteiger partial charge is 0.482 e. The number of rotatable bonds is 5. The third kappa shape index (κ3) is 5.91. The molecule has 0 unspecified atom stereocenters. The highest BCUT2D eigenvalue weighted by Gasteiger charge is 2.11. The second-order valence-electron chi connectivity index (χ2n) is 6.22. The van der Waals surface area contributed by atoms with Crippen LogP contribution in [0.4, 0.5) is 11.5 Å². The van der Waals surface area contributed by atoms with Crippen molar-refractivity contribution in [2.24, 2.45) is 0 Å². The lowest BCUT2D eigenvalue weighted by molar-refractivity contribution is -0.118. The van der Waals surface area contributed by atoms with Gasteiger partial charge in [-0.1, -0.05) is 23.2 Å². The van der Waals surface area contributed by atoms with Crippen LogP contribution in [0.5, 0.6) is 5.75 Å². The van der Waals surface area contributed by atoms with Gasteiger partial charge in [0.1, 0.15) is 11.6 Å². The summed E-state index contributed by atoms with van der Waals surface area (Å²) >= 11 is 11.8. The number of aromatic nitrogens is 1. The van der Waals surface area contributed by atoms with Crippen LogP contribution < -0.4 is 15.4 Å². The maximum atomic E-state index is 11.9. The minimum atomic E-state index is -0.306. The summed E-state index contributed by atoms with van der Waals surface area (Å²) in [5.74, 6) is 0.836. The number of ether oxygens (including phenoxy) is 1. The van der Waals surface area contributed by atoms with Gasteiger partial charge in [-0.05, 0) is 51.1 Å². The van der Waals surface area contributed by atoms with Crippen LogP contribution in [0, 0.1) is 0 Å². The summed E-state index contributed by atoms with van der Waals surface area (Å²) in [6.45, 7) is 5.97. The first-order chi connectivity index (χ1) is 11.2. The van der Waals surface area contributed by atoms with Crippen molar-refractivity contribution >= 4 is 40.6 Å². The molecular formula is C17H19Cl2N3O2. The van der Waals surface area contributed by atoms with Crippen molar-refractivity contribution < 1.29 is 9.53 Å². The molecule has 0 atom stereocenters. The van der Waals surface area contributed by atoms with E-state index in [0.717, 1.165) is 5.82 Å². The SMILES string of the molecule is CC(C)(C)Nc1ccc(NC(=O)COc2ccc(Cl)cc2Cl)cn1. The van der Waals surface area contributed by atoms with Gasteiger partial charge in [0, 0.05) is 10.6 Å². The fourth-order valence-electron chi connectivity index (χ4n) is 1.86. The maximum Gasteiger partial charge on any atom is 0.262 e. The van der Waals surface area contributed by atoms with Crippen LogP contribution in [0.15, 0.2) is 36.5 Å². The maximum absolute atomic E-state index is 11.9. The number of hydrogen-bond donors (Lipinski definition) is 2. The van der Waals surface area contributed by atoms with Gasteiger partial charge < -0.3 is 15.4 Å². The van der Waals surface area contributed by atoms with Gasteiger partial charge in [-0.25, -0.2) is 4.98 Å². The lowest BCUT2D eigenvalue weighted by atomic mass is 10.1. The molecule has 2 aromatic rings. The molecule has 1 aromatic carbocycles. The van der Waals surface area contributed by atoms with Crippen molar-refractivity contribution in [2.75, 3.05) is 17.2 Å². The van der Waals surface area contributed by atoms with Crippen LogP contribution in [-0.4, -0.2) is 23.0 Å². The zero-order chi connectivity index (χ0) is 17.7. The van der Waals surface area contributed by atoms with Gasteiger partial charge >= 0.3 is 0 Å². The quantitative estimate of drug-likeness (QED) is 0.809. The van der Waals surface area contributed by atoms with E-state index >= 15 is 0 Å². The topological polar surface area (TPSA) is 63.2 Å². The van der Waals surface area contributed by atoms with Gasteiger partial charge in [0.25, 0.3) is 5.91 Å². The van der Waals surface area contributed by atoms with Crippen LogP contribution in [0.25, 0.3) is 0 Å². The molecule has 0 fully saturated rings. The number of carbonyl (C=O) groups is 1. The lowest BCUT2D eigenvalue weighted by Crippen LogP contribution is -2.26. The molecule has 0 spiro atoms. The molecule has 0 saturated carbocycles. The Morgan fingerprint density at radius 1 is 1.21 bits per heavy atom. The molecule has 1 amide bonds. The molecule has 0 bridgehead atoms. The monoisotopic (exact) mass is 367 g/mol. The van der Waals surface area contributed by atoms with Gasteiger partial charge in [0.15, 0.2) is 6.61 Å². The van der Waals surface area contributed by atoms with E-state index in [9.17, 15) is 4.79 Å². The summed E-state index contributed by atoms with van der Waals surface area (Å²) in [5.41, 5.74) is 0.508. The van der Waals surface area contributed by atoms with Crippen LogP contribution >= 0.6 is 23.2 Å². The predicted octanol–water partition coefficient (Wildman–Crippen LogP) is 4.62. The molecule has 5 nitrogen and oxygen atoms in total. The van der Waals surface area contributed by atoms with Crippen molar-refractivity contribution in [1.29, 1.82) is 0 Å². The van der Waals surface area contributed by atoms with Gasteiger partial charge in [0.2, 0.25) is 0 Å². The summed E-state index contributed by atoms with van der Waals surface area (Å²) in [6, 6.07) is 8.39. The number of anilines is 2. The van der Waals surface area contributed by atoms with Crippen molar-refractivity contribution in [3.05, 3.63) is 46.6 Å². The van der Waals surface area contributed by atoms with Gasteiger partial charge in [0.05, 0.1) is 16.9 Å². The Bertz CT molecular complexity index is 713. The number of nitrogens with one attached hydrogen (secondary N) is 2. The lowest BCUT2D eigenvalue weighted by Gasteiger charge is -2.21. The summed E-state index contributed by atoms with van der Waals surface area (Å²) in [5, 5.41) is 6.82. The Hall–Kier alpha value is -1.98. The molecule has 0 radical (unpaired) electrons. The number of nitrogens with zero attached hydrogens (tertiary/aromatic N) is 1. The molecular weight excluding hydrogens is 349 g/mol. The minimum absolute atomic E-state index is 0.0799. The number of halogens is 2. The highest BCUT2D eigenvalue weighted by molar-refractivity contribution is 6.35. The first-order valence-electron chi connectivity index (χ1n) is 7.35. The molecule has 0 aliphatic rings. The Morgan fingerprint density at radius 3 is 2.54 bits per heavy atom. The molecule has 1 aromatic heterocycles. The molecule has 0 aliphatic carbocycles. The van der Waals surface area contributed by atoms with Crippen molar-refractivity contribution in [3.8, 4) is 5.75 Å². The third-order valence-corrected chi connectivity index (χ3v) is 3.33. The average molecular weight is 368 g/mol. The first kappa shape index (κ1) is 18.4. The van der Waals surface area contributed by atoms with Crippen LogP contribution in [0.2, 0.25) is 10.0 Å². The summed E-state index contributed by atoms with van der Waals surface area (Å²) in [6.07, 6.45) is 1.58. The molecule has 7 heteroatoms. The molecule has 0 saturated heterocycles. The molecule has 0 aliphatic heterocycles. The second-order valence-corrected chi connectivity index (χ2v) is 7.06. The molecule has 24 heavy (non-hydrogen) atoms. The van der Waals surface area contributed by atoms with E-state index in [4.69, 9.17) is 27.9 Å². The third-order valence-electron chi connectivity index (χ3n) is 2.80.